The molecule has 2 aromatic rings. The highest BCUT2D eigenvalue weighted by molar-refractivity contribution is 5.95. The normalized spacial score (nSPS) is 25.2. The Morgan fingerprint density at radius 3 is 2.92 bits per heavy atom. The van der Waals surface area contributed by atoms with Crippen molar-refractivity contribution in [2.45, 2.75) is 57.3 Å². The zero-order valence-electron chi connectivity index (χ0n) is 14.9. The molecule has 0 aliphatic heterocycles. The summed E-state index contributed by atoms with van der Waals surface area (Å²) in [4.78, 5) is 21.2. The van der Waals surface area contributed by atoms with Crippen molar-refractivity contribution >= 4 is 11.7 Å². The lowest BCUT2D eigenvalue weighted by atomic mass is 10.1. The van der Waals surface area contributed by atoms with Crippen molar-refractivity contribution in [2.24, 2.45) is 5.92 Å². The Labute approximate surface area is 152 Å². The van der Waals surface area contributed by atoms with Crippen LogP contribution in [-0.4, -0.2) is 43.7 Å². The highest BCUT2D eigenvalue weighted by Crippen LogP contribution is 2.28. The highest BCUT2D eigenvalue weighted by Gasteiger charge is 2.34. The summed E-state index contributed by atoms with van der Waals surface area (Å²) in [6.07, 6.45) is 8.71. The minimum Gasteiger partial charge on any atom is -0.391 e. The molecule has 0 radical (unpaired) electrons. The van der Waals surface area contributed by atoms with E-state index in [9.17, 15) is 9.90 Å². The van der Waals surface area contributed by atoms with Crippen LogP contribution in [0.2, 0.25) is 0 Å². The summed E-state index contributed by atoms with van der Waals surface area (Å²) in [5, 5.41) is 16.7. The van der Waals surface area contributed by atoms with Gasteiger partial charge in [0.05, 0.1) is 18.5 Å². The topological polar surface area (TPSA) is 92.1 Å². The van der Waals surface area contributed by atoms with E-state index in [-0.39, 0.29) is 11.9 Å². The zero-order valence-corrected chi connectivity index (χ0v) is 14.9. The van der Waals surface area contributed by atoms with Gasteiger partial charge in [-0.1, -0.05) is 0 Å². The number of nitrogens with zero attached hydrogens (tertiary/aromatic N) is 3. The zero-order chi connectivity index (χ0) is 18.1. The largest absolute Gasteiger partial charge is 0.391 e. The van der Waals surface area contributed by atoms with Crippen LogP contribution in [0.4, 0.5) is 5.82 Å². The standard InChI is InChI=1S/C19H25N5O2/c1-12-6-14(9-18(21-12)22-15-2-3-15)19(26)23-16-7-13(8-17(16)25)10-24-5-4-20-11-24/h4-6,9,11,13,15-17,25H,2-3,7-8,10H2,1H3,(H,21,22)(H,23,26)/t13?,16-,17-/m1/s1. The summed E-state index contributed by atoms with van der Waals surface area (Å²) in [6.45, 7) is 2.70. The maximum atomic E-state index is 12.7. The number of rotatable bonds is 6. The maximum Gasteiger partial charge on any atom is 0.251 e. The van der Waals surface area contributed by atoms with Crippen molar-refractivity contribution in [1.29, 1.82) is 0 Å². The van der Waals surface area contributed by atoms with E-state index < -0.39 is 6.10 Å². The van der Waals surface area contributed by atoms with Crippen LogP contribution >= 0.6 is 0 Å². The molecule has 0 spiro atoms. The second-order valence-corrected chi connectivity index (χ2v) is 7.55. The van der Waals surface area contributed by atoms with Gasteiger partial charge in [-0.3, -0.25) is 4.79 Å². The van der Waals surface area contributed by atoms with Gasteiger partial charge in [0.15, 0.2) is 0 Å². The average Bonchev–Trinajstić information content (AvgIpc) is 3.12. The smallest absolute Gasteiger partial charge is 0.251 e. The number of nitrogens with one attached hydrogen (secondary N) is 2. The average molecular weight is 355 g/mol. The molecule has 4 rings (SSSR count). The summed E-state index contributed by atoms with van der Waals surface area (Å²) in [7, 11) is 0. The van der Waals surface area contributed by atoms with Crippen molar-refractivity contribution in [3.05, 3.63) is 42.1 Å². The number of anilines is 1. The van der Waals surface area contributed by atoms with Crippen molar-refractivity contribution in [3.63, 3.8) is 0 Å². The van der Waals surface area contributed by atoms with Crippen LogP contribution in [0.5, 0.6) is 0 Å². The maximum absolute atomic E-state index is 12.7. The van der Waals surface area contributed by atoms with E-state index >= 15 is 0 Å². The third-order valence-electron chi connectivity index (χ3n) is 5.12. The molecule has 3 N–H and O–H groups in total. The first-order valence-corrected chi connectivity index (χ1v) is 9.27. The molecule has 2 heterocycles. The van der Waals surface area contributed by atoms with Gasteiger partial charge in [-0.2, -0.15) is 0 Å². The number of aliphatic hydroxyl groups excluding tert-OH is 1. The number of hydrogen-bond donors (Lipinski definition) is 3. The van der Waals surface area contributed by atoms with Crippen LogP contribution in [-0.2, 0) is 6.54 Å². The van der Waals surface area contributed by atoms with Crippen molar-refractivity contribution < 1.29 is 9.90 Å². The van der Waals surface area contributed by atoms with Gasteiger partial charge in [-0.15, -0.1) is 0 Å². The van der Waals surface area contributed by atoms with Gasteiger partial charge >= 0.3 is 0 Å². The molecule has 2 aliphatic rings. The molecular formula is C19H25N5O2. The second kappa shape index (κ2) is 7.07. The van der Waals surface area contributed by atoms with Crippen LogP contribution in [0.15, 0.2) is 30.9 Å². The summed E-state index contributed by atoms with van der Waals surface area (Å²) in [5.74, 6) is 0.931. The number of aromatic nitrogens is 3. The first-order chi connectivity index (χ1) is 12.6. The number of carbonyl (C=O) groups is 1. The lowest BCUT2D eigenvalue weighted by Gasteiger charge is -2.17. The molecule has 0 saturated heterocycles. The molecule has 1 amide bonds. The van der Waals surface area contributed by atoms with Gasteiger partial charge < -0.3 is 20.3 Å². The van der Waals surface area contributed by atoms with Crippen molar-refractivity contribution in [1.82, 2.24) is 19.9 Å². The molecule has 2 fully saturated rings. The molecule has 26 heavy (non-hydrogen) atoms. The van der Waals surface area contributed by atoms with Crippen LogP contribution in [0, 0.1) is 12.8 Å². The van der Waals surface area contributed by atoms with Crippen LogP contribution in [0.3, 0.4) is 0 Å². The Kier molecular flexibility index (Phi) is 4.63. The summed E-state index contributed by atoms with van der Waals surface area (Å²) < 4.78 is 2.02. The Balaban J connectivity index is 1.38. The third kappa shape index (κ3) is 4.04. The number of imidazole rings is 1. The molecule has 138 valence electrons. The Morgan fingerprint density at radius 1 is 1.35 bits per heavy atom. The van der Waals surface area contributed by atoms with E-state index in [4.69, 9.17) is 0 Å². The third-order valence-corrected chi connectivity index (χ3v) is 5.12. The number of pyridine rings is 1. The van der Waals surface area contributed by atoms with Gasteiger partial charge in [0.2, 0.25) is 0 Å². The Morgan fingerprint density at radius 2 is 2.19 bits per heavy atom. The van der Waals surface area contributed by atoms with Gasteiger partial charge in [-0.05, 0) is 50.7 Å². The van der Waals surface area contributed by atoms with Crippen molar-refractivity contribution in [3.8, 4) is 0 Å². The highest BCUT2D eigenvalue weighted by atomic mass is 16.3. The first-order valence-electron chi connectivity index (χ1n) is 9.27. The first kappa shape index (κ1) is 17.0. The molecule has 2 aromatic heterocycles. The number of aryl methyl sites for hydroxylation is 1. The number of amides is 1. The molecule has 0 bridgehead atoms. The number of carbonyl (C=O) groups excluding carboxylic acids is 1. The molecule has 2 saturated carbocycles. The SMILES string of the molecule is Cc1cc(C(=O)N[C@@H]2CC(Cn3ccnc3)C[C@H]2O)cc(NC2CC2)n1. The molecule has 7 nitrogen and oxygen atoms in total. The molecule has 3 atom stereocenters. The van der Waals surface area contributed by atoms with E-state index in [1.165, 1.54) is 0 Å². The van der Waals surface area contributed by atoms with Crippen LogP contribution in [0.1, 0.15) is 41.7 Å². The van der Waals surface area contributed by atoms with Crippen molar-refractivity contribution in [2.75, 3.05) is 5.32 Å². The van der Waals surface area contributed by atoms with Crippen LogP contribution in [0.25, 0.3) is 0 Å². The molecule has 2 aliphatic carbocycles. The Bertz CT molecular complexity index is 772. The quantitative estimate of drug-likeness (QED) is 0.734. The second-order valence-electron chi connectivity index (χ2n) is 7.55. The molecular weight excluding hydrogens is 330 g/mol. The Hall–Kier alpha value is -2.41. The predicted octanol–water partition coefficient (Wildman–Crippen LogP) is 1.73. The fourth-order valence-electron chi connectivity index (χ4n) is 3.68. The summed E-state index contributed by atoms with van der Waals surface area (Å²) in [6, 6.07) is 3.85. The minimum absolute atomic E-state index is 0.151. The lowest BCUT2D eigenvalue weighted by molar-refractivity contribution is 0.0872. The van der Waals surface area contributed by atoms with Crippen LogP contribution < -0.4 is 10.6 Å². The van der Waals surface area contributed by atoms with Gasteiger partial charge in [0.25, 0.3) is 5.91 Å². The van der Waals surface area contributed by atoms with E-state index in [0.717, 1.165) is 37.3 Å². The fourth-order valence-corrected chi connectivity index (χ4v) is 3.68. The van der Waals surface area contributed by atoms with Gasteiger partial charge in [0, 0.05) is 36.2 Å². The van der Waals surface area contributed by atoms with E-state index in [1.807, 2.05) is 17.7 Å². The minimum atomic E-state index is -0.514. The van der Waals surface area contributed by atoms with Gasteiger partial charge in [-0.25, -0.2) is 9.97 Å². The monoisotopic (exact) mass is 355 g/mol. The molecule has 7 heteroatoms. The fraction of sp³-hybridized carbons (Fsp3) is 0.526. The predicted molar refractivity (Wildman–Crippen MR) is 97.8 cm³/mol. The van der Waals surface area contributed by atoms with E-state index in [0.29, 0.717) is 23.9 Å². The molecule has 1 unspecified atom stereocenters. The summed E-state index contributed by atoms with van der Waals surface area (Å²) in [5.41, 5.74) is 1.40. The number of aliphatic hydroxyl groups is 1. The number of hydrogen-bond acceptors (Lipinski definition) is 5. The summed E-state index contributed by atoms with van der Waals surface area (Å²) >= 11 is 0. The molecule has 0 aromatic carbocycles. The van der Waals surface area contributed by atoms with E-state index in [2.05, 4.69) is 20.6 Å². The lowest BCUT2D eigenvalue weighted by Crippen LogP contribution is -2.40. The van der Waals surface area contributed by atoms with E-state index in [1.54, 1.807) is 24.7 Å². The van der Waals surface area contributed by atoms with Gasteiger partial charge in [0.1, 0.15) is 5.82 Å².